The highest BCUT2D eigenvalue weighted by molar-refractivity contribution is 5.83. The van der Waals surface area contributed by atoms with E-state index in [1.807, 2.05) is 37.4 Å². The van der Waals surface area contributed by atoms with E-state index in [1.165, 1.54) is 0 Å². The van der Waals surface area contributed by atoms with E-state index in [0.29, 0.717) is 6.42 Å². The van der Waals surface area contributed by atoms with Gasteiger partial charge in [0.25, 0.3) is 0 Å². The Bertz CT molecular complexity index is 504. The second-order valence-corrected chi connectivity index (χ2v) is 3.81. The molecule has 0 aliphatic heterocycles. The lowest BCUT2D eigenvalue weighted by Crippen LogP contribution is -2.21. The van der Waals surface area contributed by atoms with Crippen molar-refractivity contribution in [1.29, 1.82) is 0 Å². The number of aromatic amines is 1. The standard InChI is InChI=1S/C12H14N2O2/c1-8(16-12(13)15)6-9-7-14-11-5-3-2-4-10(9)11/h2-5,7-8,14H,6H2,1H3,(H2,13,15). The molecule has 1 aromatic heterocycles. The topological polar surface area (TPSA) is 68.1 Å². The summed E-state index contributed by atoms with van der Waals surface area (Å²) >= 11 is 0. The first-order valence-electron chi connectivity index (χ1n) is 5.18. The van der Waals surface area contributed by atoms with Gasteiger partial charge < -0.3 is 15.5 Å². The summed E-state index contributed by atoms with van der Waals surface area (Å²) in [6.45, 7) is 1.83. The van der Waals surface area contributed by atoms with Gasteiger partial charge in [-0.05, 0) is 18.6 Å². The van der Waals surface area contributed by atoms with Crippen molar-refractivity contribution in [3.8, 4) is 0 Å². The minimum absolute atomic E-state index is 0.211. The number of amides is 1. The number of hydrogen-bond acceptors (Lipinski definition) is 2. The minimum Gasteiger partial charge on any atom is -0.446 e. The summed E-state index contributed by atoms with van der Waals surface area (Å²) in [4.78, 5) is 13.8. The van der Waals surface area contributed by atoms with Crippen molar-refractivity contribution in [2.24, 2.45) is 5.73 Å². The number of fused-ring (bicyclic) bond motifs is 1. The van der Waals surface area contributed by atoms with Crippen LogP contribution in [0.2, 0.25) is 0 Å². The third-order valence-corrected chi connectivity index (χ3v) is 2.50. The maximum absolute atomic E-state index is 10.6. The van der Waals surface area contributed by atoms with Crippen molar-refractivity contribution in [1.82, 2.24) is 4.98 Å². The Balaban J connectivity index is 2.18. The van der Waals surface area contributed by atoms with Crippen LogP contribution in [-0.2, 0) is 11.2 Å². The lowest BCUT2D eigenvalue weighted by Gasteiger charge is -2.10. The Morgan fingerprint density at radius 3 is 3.00 bits per heavy atom. The smallest absolute Gasteiger partial charge is 0.404 e. The number of para-hydroxylation sites is 1. The highest BCUT2D eigenvalue weighted by Gasteiger charge is 2.10. The zero-order valence-electron chi connectivity index (χ0n) is 9.07. The third kappa shape index (κ3) is 2.16. The Hall–Kier alpha value is -1.97. The number of carbonyl (C=O) groups excluding carboxylic acids is 1. The molecule has 2 rings (SSSR count). The van der Waals surface area contributed by atoms with Crippen LogP contribution in [0.1, 0.15) is 12.5 Å². The summed E-state index contributed by atoms with van der Waals surface area (Å²) in [5.74, 6) is 0. The molecule has 0 saturated carbocycles. The third-order valence-electron chi connectivity index (χ3n) is 2.50. The molecule has 0 radical (unpaired) electrons. The van der Waals surface area contributed by atoms with Crippen molar-refractivity contribution < 1.29 is 9.53 Å². The molecule has 0 spiro atoms. The van der Waals surface area contributed by atoms with Gasteiger partial charge in [-0.3, -0.25) is 0 Å². The van der Waals surface area contributed by atoms with Gasteiger partial charge in [-0.2, -0.15) is 0 Å². The highest BCUT2D eigenvalue weighted by Crippen LogP contribution is 2.19. The molecule has 4 heteroatoms. The van der Waals surface area contributed by atoms with E-state index < -0.39 is 6.09 Å². The fourth-order valence-corrected chi connectivity index (χ4v) is 1.85. The Kier molecular flexibility index (Phi) is 2.81. The van der Waals surface area contributed by atoms with E-state index in [0.717, 1.165) is 16.5 Å². The van der Waals surface area contributed by atoms with E-state index in [4.69, 9.17) is 10.5 Å². The Morgan fingerprint density at radius 2 is 2.25 bits per heavy atom. The van der Waals surface area contributed by atoms with E-state index in [9.17, 15) is 4.79 Å². The fourth-order valence-electron chi connectivity index (χ4n) is 1.85. The number of nitrogens with one attached hydrogen (secondary N) is 1. The van der Waals surface area contributed by atoms with Gasteiger partial charge in [0.2, 0.25) is 0 Å². The average molecular weight is 218 g/mol. The largest absolute Gasteiger partial charge is 0.446 e. The first kappa shape index (κ1) is 10.5. The second kappa shape index (κ2) is 4.26. The van der Waals surface area contributed by atoms with Crippen LogP contribution in [0.15, 0.2) is 30.5 Å². The zero-order valence-corrected chi connectivity index (χ0v) is 9.07. The van der Waals surface area contributed by atoms with Gasteiger partial charge in [-0.1, -0.05) is 18.2 Å². The molecule has 1 aromatic carbocycles. The predicted octanol–water partition coefficient (Wildman–Crippen LogP) is 2.19. The fraction of sp³-hybridized carbons (Fsp3) is 0.250. The molecule has 3 N–H and O–H groups in total. The summed E-state index contributed by atoms with van der Waals surface area (Å²) in [7, 11) is 0. The van der Waals surface area contributed by atoms with E-state index >= 15 is 0 Å². The normalized spacial score (nSPS) is 12.6. The van der Waals surface area contributed by atoms with Crippen LogP contribution in [0.4, 0.5) is 4.79 Å². The monoisotopic (exact) mass is 218 g/mol. The van der Waals surface area contributed by atoms with Gasteiger partial charge in [0.05, 0.1) is 0 Å². The molecule has 1 atom stereocenters. The van der Waals surface area contributed by atoms with Crippen LogP contribution in [0, 0.1) is 0 Å². The zero-order chi connectivity index (χ0) is 11.5. The summed E-state index contributed by atoms with van der Waals surface area (Å²) in [5, 5.41) is 1.16. The summed E-state index contributed by atoms with van der Waals surface area (Å²) in [6.07, 6.45) is 1.66. The Labute approximate surface area is 93.4 Å². The van der Waals surface area contributed by atoms with E-state index in [-0.39, 0.29) is 6.10 Å². The number of nitrogens with two attached hydrogens (primary N) is 1. The number of H-pyrrole nitrogens is 1. The number of ether oxygens (including phenoxy) is 1. The quantitative estimate of drug-likeness (QED) is 0.829. The van der Waals surface area contributed by atoms with Crippen molar-refractivity contribution in [3.63, 3.8) is 0 Å². The van der Waals surface area contributed by atoms with Crippen LogP contribution < -0.4 is 5.73 Å². The van der Waals surface area contributed by atoms with Gasteiger partial charge in [0, 0.05) is 23.5 Å². The Morgan fingerprint density at radius 1 is 1.50 bits per heavy atom. The predicted molar refractivity (Wildman–Crippen MR) is 62.1 cm³/mol. The minimum atomic E-state index is -0.729. The highest BCUT2D eigenvalue weighted by atomic mass is 16.6. The number of benzene rings is 1. The van der Waals surface area contributed by atoms with Crippen molar-refractivity contribution >= 4 is 17.0 Å². The van der Waals surface area contributed by atoms with Crippen LogP contribution >= 0.6 is 0 Å². The molecule has 0 saturated heterocycles. The van der Waals surface area contributed by atoms with Crippen LogP contribution in [0.5, 0.6) is 0 Å². The molecule has 4 nitrogen and oxygen atoms in total. The van der Waals surface area contributed by atoms with Gasteiger partial charge >= 0.3 is 6.09 Å². The molecule has 0 bridgehead atoms. The lowest BCUT2D eigenvalue weighted by molar-refractivity contribution is 0.116. The molecule has 0 aliphatic carbocycles. The number of rotatable bonds is 3. The van der Waals surface area contributed by atoms with Crippen LogP contribution in [0.25, 0.3) is 10.9 Å². The van der Waals surface area contributed by atoms with E-state index in [1.54, 1.807) is 0 Å². The number of primary amides is 1. The van der Waals surface area contributed by atoms with Crippen molar-refractivity contribution in [2.75, 3.05) is 0 Å². The number of carbonyl (C=O) groups is 1. The molecule has 84 valence electrons. The van der Waals surface area contributed by atoms with E-state index in [2.05, 4.69) is 4.98 Å². The maximum Gasteiger partial charge on any atom is 0.404 e. The molecular weight excluding hydrogens is 204 g/mol. The first-order chi connectivity index (χ1) is 7.66. The molecule has 2 aromatic rings. The molecule has 1 heterocycles. The lowest BCUT2D eigenvalue weighted by atomic mass is 10.1. The molecule has 1 amide bonds. The molecular formula is C12H14N2O2. The maximum atomic E-state index is 10.6. The van der Waals surface area contributed by atoms with Crippen molar-refractivity contribution in [3.05, 3.63) is 36.0 Å². The number of hydrogen-bond donors (Lipinski definition) is 2. The second-order valence-electron chi connectivity index (χ2n) is 3.81. The SMILES string of the molecule is CC(Cc1c[nH]c2ccccc12)OC(N)=O. The first-order valence-corrected chi connectivity index (χ1v) is 5.18. The van der Waals surface area contributed by atoms with Gasteiger partial charge in [-0.25, -0.2) is 4.79 Å². The number of aromatic nitrogens is 1. The van der Waals surface area contributed by atoms with Crippen LogP contribution in [0.3, 0.4) is 0 Å². The molecule has 0 fully saturated rings. The van der Waals surface area contributed by atoms with Crippen molar-refractivity contribution in [2.45, 2.75) is 19.4 Å². The van der Waals surface area contributed by atoms with Gasteiger partial charge in [0.15, 0.2) is 0 Å². The van der Waals surface area contributed by atoms with Gasteiger partial charge in [-0.15, -0.1) is 0 Å². The summed E-state index contributed by atoms with van der Waals surface area (Å²) < 4.78 is 4.90. The van der Waals surface area contributed by atoms with Crippen LogP contribution in [-0.4, -0.2) is 17.2 Å². The average Bonchev–Trinajstić information content (AvgIpc) is 2.61. The molecule has 0 aliphatic rings. The molecule has 16 heavy (non-hydrogen) atoms. The van der Waals surface area contributed by atoms with Gasteiger partial charge in [0.1, 0.15) is 6.10 Å². The summed E-state index contributed by atoms with van der Waals surface area (Å²) in [6, 6.07) is 8.02. The summed E-state index contributed by atoms with van der Waals surface area (Å²) in [5.41, 5.74) is 7.18. The molecule has 1 unspecified atom stereocenters.